The molecule has 0 spiro atoms. The van der Waals surface area contributed by atoms with E-state index >= 15 is 0 Å². The van der Waals surface area contributed by atoms with Crippen LogP contribution in [0.2, 0.25) is 0 Å². The van der Waals surface area contributed by atoms with Gasteiger partial charge in [-0.15, -0.1) is 0 Å². The molecule has 1 saturated heterocycles. The lowest BCUT2D eigenvalue weighted by molar-refractivity contribution is 0.0831. The number of rotatable bonds is 7. The minimum atomic E-state index is -0.461. The third-order valence-electron chi connectivity index (χ3n) is 3.46. The van der Waals surface area contributed by atoms with Gasteiger partial charge in [-0.2, -0.15) is 11.8 Å². The maximum Gasteiger partial charge on any atom is 0.119 e. The van der Waals surface area contributed by atoms with Crippen LogP contribution in [0.3, 0.4) is 0 Å². The zero-order valence-corrected chi connectivity index (χ0v) is 13.7. The highest BCUT2D eigenvalue weighted by atomic mass is 32.2. The minimum Gasteiger partial charge on any atom is -0.491 e. The first kappa shape index (κ1) is 16.5. The second-order valence-corrected chi connectivity index (χ2v) is 7.01. The van der Waals surface area contributed by atoms with Crippen LogP contribution in [-0.4, -0.2) is 60.9 Å². The number of likely N-dealkylation sites (N-methyl/N-ethyl adjacent to an activating group) is 1. The fraction of sp³-hybridized carbons (Fsp3) is 0.625. The SMILES string of the molecule is CN(C)CC(O)COc1ccc(NC2CCSCC2)cc1. The molecule has 21 heavy (non-hydrogen) atoms. The molecule has 1 unspecified atom stereocenters. The molecular weight excluding hydrogens is 284 g/mol. The minimum absolute atomic E-state index is 0.324. The Morgan fingerprint density at radius 3 is 2.57 bits per heavy atom. The van der Waals surface area contributed by atoms with Gasteiger partial charge in [0.2, 0.25) is 0 Å². The zero-order chi connectivity index (χ0) is 15.1. The van der Waals surface area contributed by atoms with E-state index in [4.69, 9.17) is 4.74 Å². The Hall–Kier alpha value is -0.910. The molecule has 1 fully saturated rings. The summed E-state index contributed by atoms with van der Waals surface area (Å²) >= 11 is 2.04. The van der Waals surface area contributed by atoms with Crippen molar-refractivity contribution in [2.45, 2.75) is 25.0 Å². The maximum absolute atomic E-state index is 9.77. The molecule has 0 radical (unpaired) electrons. The number of benzene rings is 1. The van der Waals surface area contributed by atoms with E-state index in [0.717, 1.165) is 11.4 Å². The Labute approximate surface area is 131 Å². The number of nitrogens with one attached hydrogen (secondary N) is 1. The third kappa shape index (κ3) is 6.16. The van der Waals surface area contributed by atoms with Gasteiger partial charge < -0.3 is 20.1 Å². The van der Waals surface area contributed by atoms with E-state index in [1.54, 1.807) is 0 Å². The highest BCUT2D eigenvalue weighted by Gasteiger charge is 2.13. The summed E-state index contributed by atoms with van der Waals surface area (Å²) in [5.41, 5.74) is 1.15. The summed E-state index contributed by atoms with van der Waals surface area (Å²) in [6.45, 7) is 0.935. The molecule has 118 valence electrons. The summed E-state index contributed by atoms with van der Waals surface area (Å²) in [6, 6.07) is 8.62. The Kier molecular flexibility index (Phi) is 6.67. The number of aliphatic hydroxyl groups is 1. The average molecular weight is 310 g/mol. The Bertz CT molecular complexity index is 405. The van der Waals surface area contributed by atoms with Crippen LogP contribution in [0.25, 0.3) is 0 Å². The highest BCUT2D eigenvalue weighted by Crippen LogP contribution is 2.22. The van der Waals surface area contributed by atoms with E-state index in [2.05, 4.69) is 17.4 Å². The van der Waals surface area contributed by atoms with E-state index in [1.807, 2.05) is 42.9 Å². The number of aliphatic hydroxyl groups excluding tert-OH is 1. The van der Waals surface area contributed by atoms with Crippen molar-refractivity contribution in [3.8, 4) is 5.75 Å². The number of anilines is 1. The fourth-order valence-electron chi connectivity index (χ4n) is 2.39. The molecule has 4 nitrogen and oxygen atoms in total. The molecule has 0 amide bonds. The van der Waals surface area contributed by atoms with Gasteiger partial charge in [0.25, 0.3) is 0 Å². The second kappa shape index (κ2) is 8.51. The van der Waals surface area contributed by atoms with Crippen LogP contribution in [0.15, 0.2) is 24.3 Å². The third-order valence-corrected chi connectivity index (χ3v) is 4.51. The van der Waals surface area contributed by atoms with Gasteiger partial charge in [-0.25, -0.2) is 0 Å². The topological polar surface area (TPSA) is 44.7 Å². The highest BCUT2D eigenvalue weighted by molar-refractivity contribution is 7.99. The molecule has 5 heteroatoms. The molecule has 1 aliphatic heterocycles. The van der Waals surface area contributed by atoms with Gasteiger partial charge in [0.15, 0.2) is 0 Å². The summed E-state index contributed by atoms with van der Waals surface area (Å²) in [5, 5.41) is 13.3. The molecule has 1 aliphatic rings. The summed E-state index contributed by atoms with van der Waals surface area (Å²) in [7, 11) is 3.88. The van der Waals surface area contributed by atoms with Crippen molar-refractivity contribution in [2.75, 3.05) is 44.1 Å². The van der Waals surface area contributed by atoms with Crippen molar-refractivity contribution in [3.05, 3.63) is 24.3 Å². The lowest BCUT2D eigenvalue weighted by Gasteiger charge is -2.23. The Morgan fingerprint density at radius 2 is 1.95 bits per heavy atom. The number of hydrogen-bond acceptors (Lipinski definition) is 5. The molecular formula is C16H26N2O2S. The van der Waals surface area contributed by atoms with Crippen molar-refractivity contribution >= 4 is 17.4 Å². The summed E-state index contributed by atoms with van der Waals surface area (Å²) < 4.78 is 5.61. The fourth-order valence-corrected chi connectivity index (χ4v) is 3.50. The van der Waals surface area contributed by atoms with Crippen LogP contribution in [0.1, 0.15) is 12.8 Å². The standard InChI is InChI=1S/C16H26N2O2S/c1-18(2)11-15(19)12-20-16-5-3-13(4-6-16)17-14-7-9-21-10-8-14/h3-6,14-15,17,19H,7-12H2,1-2H3. The summed E-state index contributed by atoms with van der Waals surface area (Å²) in [5.74, 6) is 3.31. The summed E-state index contributed by atoms with van der Waals surface area (Å²) in [4.78, 5) is 1.95. The molecule has 1 heterocycles. The van der Waals surface area contributed by atoms with Crippen LogP contribution in [0.5, 0.6) is 5.75 Å². The van der Waals surface area contributed by atoms with Crippen LogP contribution in [0.4, 0.5) is 5.69 Å². The zero-order valence-electron chi connectivity index (χ0n) is 12.9. The normalized spacial score (nSPS) is 17.7. The quantitative estimate of drug-likeness (QED) is 0.809. The molecule has 2 N–H and O–H groups in total. The van der Waals surface area contributed by atoms with Gasteiger partial charge in [0.1, 0.15) is 18.5 Å². The van der Waals surface area contributed by atoms with Crippen LogP contribution >= 0.6 is 11.8 Å². The van der Waals surface area contributed by atoms with Crippen molar-refractivity contribution in [3.63, 3.8) is 0 Å². The number of hydrogen-bond donors (Lipinski definition) is 2. The Morgan fingerprint density at radius 1 is 1.29 bits per heavy atom. The number of thioether (sulfide) groups is 1. The van der Waals surface area contributed by atoms with Gasteiger partial charge in [-0.3, -0.25) is 0 Å². The lowest BCUT2D eigenvalue weighted by Crippen LogP contribution is -2.30. The first-order valence-electron chi connectivity index (χ1n) is 7.53. The molecule has 0 aromatic heterocycles. The maximum atomic E-state index is 9.77. The van der Waals surface area contributed by atoms with Crippen molar-refractivity contribution < 1.29 is 9.84 Å². The van der Waals surface area contributed by atoms with Crippen molar-refractivity contribution in [1.29, 1.82) is 0 Å². The lowest BCUT2D eigenvalue weighted by atomic mass is 10.1. The Balaban J connectivity index is 1.76. The molecule has 0 saturated carbocycles. The summed E-state index contributed by atoms with van der Waals surface area (Å²) in [6.07, 6.45) is 2.01. The number of nitrogens with zero attached hydrogens (tertiary/aromatic N) is 1. The second-order valence-electron chi connectivity index (χ2n) is 5.78. The van der Waals surface area contributed by atoms with Gasteiger partial charge in [0, 0.05) is 18.3 Å². The van der Waals surface area contributed by atoms with Gasteiger partial charge >= 0.3 is 0 Å². The molecule has 1 atom stereocenters. The van der Waals surface area contributed by atoms with E-state index < -0.39 is 6.10 Å². The van der Waals surface area contributed by atoms with Crippen LogP contribution in [-0.2, 0) is 0 Å². The molecule has 1 aromatic rings. The van der Waals surface area contributed by atoms with E-state index in [-0.39, 0.29) is 0 Å². The predicted molar refractivity (Wildman–Crippen MR) is 90.5 cm³/mol. The molecule has 1 aromatic carbocycles. The van der Waals surface area contributed by atoms with Crippen LogP contribution in [0, 0.1) is 0 Å². The van der Waals surface area contributed by atoms with E-state index in [9.17, 15) is 5.11 Å². The molecule has 2 rings (SSSR count). The molecule has 0 aliphatic carbocycles. The molecule has 0 bridgehead atoms. The van der Waals surface area contributed by atoms with E-state index in [0.29, 0.717) is 19.2 Å². The first-order chi connectivity index (χ1) is 10.1. The van der Waals surface area contributed by atoms with Gasteiger partial charge in [0.05, 0.1) is 0 Å². The predicted octanol–water partition coefficient (Wildman–Crippen LogP) is 2.30. The first-order valence-corrected chi connectivity index (χ1v) is 8.69. The average Bonchev–Trinajstić information content (AvgIpc) is 2.47. The van der Waals surface area contributed by atoms with Gasteiger partial charge in [-0.1, -0.05) is 0 Å². The van der Waals surface area contributed by atoms with Gasteiger partial charge in [-0.05, 0) is 62.7 Å². The van der Waals surface area contributed by atoms with Crippen LogP contribution < -0.4 is 10.1 Å². The number of ether oxygens (including phenoxy) is 1. The van der Waals surface area contributed by atoms with E-state index in [1.165, 1.54) is 24.3 Å². The monoisotopic (exact) mass is 310 g/mol. The largest absolute Gasteiger partial charge is 0.491 e. The smallest absolute Gasteiger partial charge is 0.119 e. The van der Waals surface area contributed by atoms with Crippen molar-refractivity contribution in [2.24, 2.45) is 0 Å². The van der Waals surface area contributed by atoms with Crippen molar-refractivity contribution in [1.82, 2.24) is 4.90 Å².